The molecule has 0 aromatic heterocycles. The maximum absolute atomic E-state index is 5.90. The second-order valence-electron chi connectivity index (χ2n) is 2.99. The van der Waals surface area contributed by atoms with Gasteiger partial charge in [-0.1, -0.05) is 48.0 Å². The van der Waals surface area contributed by atoms with Crippen LogP contribution in [0.4, 0.5) is 0 Å². The highest BCUT2D eigenvalue weighted by atomic mass is 127. The predicted octanol–water partition coefficient (Wildman–Crippen LogP) is 4.61. The maximum atomic E-state index is 5.90. The van der Waals surface area contributed by atoms with Crippen LogP contribution in [-0.2, 0) is 0 Å². The molecule has 0 saturated heterocycles. The lowest BCUT2D eigenvalue weighted by molar-refractivity contribution is 1.58. The van der Waals surface area contributed by atoms with Crippen LogP contribution < -0.4 is 0 Å². The van der Waals surface area contributed by atoms with Crippen molar-refractivity contribution in [3.63, 3.8) is 0 Å². The molecule has 2 aromatic carbocycles. The third kappa shape index (κ3) is 2.10. The van der Waals surface area contributed by atoms with Gasteiger partial charge in [-0.25, -0.2) is 0 Å². The summed E-state index contributed by atoms with van der Waals surface area (Å²) >= 11 is 8.20. The molecule has 2 aromatic rings. The molecule has 0 spiro atoms. The van der Waals surface area contributed by atoms with Crippen LogP contribution in [0.1, 0.15) is 0 Å². The lowest BCUT2D eigenvalue weighted by Gasteiger charge is -2.04. The van der Waals surface area contributed by atoms with E-state index in [1.165, 1.54) is 14.7 Å². The Kier molecular flexibility index (Phi) is 3.08. The van der Waals surface area contributed by atoms with Gasteiger partial charge in [-0.2, -0.15) is 0 Å². The van der Waals surface area contributed by atoms with Crippen LogP contribution in [0.2, 0.25) is 5.02 Å². The first kappa shape index (κ1) is 9.99. The normalized spacial score (nSPS) is 10.1. The SMILES string of the molecule is Clc1ccc(-c2ccccc2)c(I)c1. The standard InChI is InChI=1S/C12H8ClI/c13-10-6-7-11(12(14)8-10)9-4-2-1-3-5-9/h1-8H. The molecule has 0 aliphatic rings. The maximum Gasteiger partial charge on any atom is 0.0416 e. The van der Waals surface area contributed by atoms with Crippen LogP contribution >= 0.6 is 34.2 Å². The second kappa shape index (κ2) is 4.32. The minimum atomic E-state index is 0.786. The third-order valence-electron chi connectivity index (χ3n) is 2.02. The van der Waals surface area contributed by atoms with Crippen molar-refractivity contribution < 1.29 is 0 Å². The molecular formula is C12H8ClI. The molecule has 0 amide bonds. The van der Waals surface area contributed by atoms with Gasteiger partial charge in [-0.3, -0.25) is 0 Å². The topological polar surface area (TPSA) is 0 Å². The van der Waals surface area contributed by atoms with E-state index in [4.69, 9.17) is 11.6 Å². The van der Waals surface area contributed by atoms with Gasteiger partial charge < -0.3 is 0 Å². The summed E-state index contributed by atoms with van der Waals surface area (Å²) in [7, 11) is 0. The van der Waals surface area contributed by atoms with Crippen molar-refractivity contribution in [1.29, 1.82) is 0 Å². The highest BCUT2D eigenvalue weighted by Gasteiger charge is 2.01. The van der Waals surface area contributed by atoms with Crippen LogP contribution in [0.3, 0.4) is 0 Å². The quantitative estimate of drug-likeness (QED) is 0.674. The molecule has 0 unspecified atom stereocenters. The van der Waals surface area contributed by atoms with Gasteiger partial charge in [0.1, 0.15) is 0 Å². The second-order valence-corrected chi connectivity index (χ2v) is 4.59. The van der Waals surface area contributed by atoms with Crippen molar-refractivity contribution in [3.8, 4) is 11.1 Å². The Morgan fingerprint density at radius 2 is 1.64 bits per heavy atom. The first-order valence-corrected chi connectivity index (χ1v) is 5.73. The zero-order valence-corrected chi connectivity index (χ0v) is 10.3. The fourth-order valence-electron chi connectivity index (χ4n) is 1.34. The van der Waals surface area contributed by atoms with Gasteiger partial charge in [0.25, 0.3) is 0 Å². The number of benzene rings is 2. The molecular weight excluding hydrogens is 306 g/mol. The third-order valence-corrected chi connectivity index (χ3v) is 3.14. The lowest BCUT2D eigenvalue weighted by atomic mass is 10.1. The van der Waals surface area contributed by atoms with Crippen molar-refractivity contribution >= 4 is 34.2 Å². The van der Waals surface area contributed by atoms with Crippen molar-refractivity contribution in [2.45, 2.75) is 0 Å². The minimum absolute atomic E-state index is 0.786. The van der Waals surface area contributed by atoms with Crippen molar-refractivity contribution in [3.05, 3.63) is 57.1 Å². The van der Waals surface area contributed by atoms with Crippen molar-refractivity contribution in [2.24, 2.45) is 0 Å². The molecule has 2 heteroatoms. The molecule has 14 heavy (non-hydrogen) atoms. The van der Waals surface area contributed by atoms with E-state index in [9.17, 15) is 0 Å². The molecule has 0 fully saturated rings. The molecule has 0 aliphatic heterocycles. The van der Waals surface area contributed by atoms with Crippen LogP contribution in [0.15, 0.2) is 48.5 Å². The predicted molar refractivity (Wildman–Crippen MR) is 69.6 cm³/mol. The van der Waals surface area contributed by atoms with Gasteiger partial charge in [0.15, 0.2) is 0 Å². The Morgan fingerprint density at radius 1 is 0.929 bits per heavy atom. The van der Waals surface area contributed by atoms with E-state index < -0.39 is 0 Å². The Morgan fingerprint density at radius 3 is 2.29 bits per heavy atom. The van der Waals surface area contributed by atoms with Gasteiger partial charge in [0, 0.05) is 8.59 Å². The van der Waals surface area contributed by atoms with Gasteiger partial charge >= 0.3 is 0 Å². The lowest BCUT2D eigenvalue weighted by Crippen LogP contribution is -1.81. The summed E-state index contributed by atoms with van der Waals surface area (Å²) in [6.07, 6.45) is 0. The van der Waals surface area contributed by atoms with E-state index in [0.29, 0.717) is 0 Å². The molecule has 0 bridgehead atoms. The summed E-state index contributed by atoms with van der Waals surface area (Å²) < 4.78 is 1.18. The molecule has 0 saturated carbocycles. The highest BCUT2D eigenvalue weighted by Crippen LogP contribution is 2.27. The summed E-state index contributed by atoms with van der Waals surface area (Å²) in [6.45, 7) is 0. The average Bonchev–Trinajstić information content (AvgIpc) is 2.19. The van der Waals surface area contributed by atoms with Gasteiger partial charge in [-0.05, 0) is 45.9 Å². The van der Waals surface area contributed by atoms with Gasteiger partial charge in [0.2, 0.25) is 0 Å². The minimum Gasteiger partial charge on any atom is -0.0843 e. The van der Waals surface area contributed by atoms with E-state index in [0.717, 1.165) is 5.02 Å². The summed E-state index contributed by atoms with van der Waals surface area (Å²) in [6, 6.07) is 16.3. The van der Waals surface area contributed by atoms with E-state index in [-0.39, 0.29) is 0 Å². The zero-order chi connectivity index (χ0) is 9.97. The molecule has 0 nitrogen and oxygen atoms in total. The largest absolute Gasteiger partial charge is 0.0843 e. The van der Waals surface area contributed by atoms with E-state index >= 15 is 0 Å². The van der Waals surface area contributed by atoms with Crippen molar-refractivity contribution in [2.75, 3.05) is 0 Å². The number of hydrogen-bond donors (Lipinski definition) is 0. The molecule has 0 aliphatic carbocycles. The summed E-state index contributed by atoms with van der Waals surface area (Å²) in [5.74, 6) is 0. The Balaban J connectivity index is 2.53. The fourth-order valence-corrected chi connectivity index (χ4v) is 2.52. The van der Waals surface area contributed by atoms with Crippen molar-refractivity contribution in [1.82, 2.24) is 0 Å². The highest BCUT2D eigenvalue weighted by molar-refractivity contribution is 14.1. The first-order valence-electron chi connectivity index (χ1n) is 4.28. The molecule has 0 atom stereocenters. The summed E-state index contributed by atoms with van der Waals surface area (Å²) in [4.78, 5) is 0. The molecule has 2 rings (SSSR count). The first-order chi connectivity index (χ1) is 6.77. The van der Waals surface area contributed by atoms with Crippen LogP contribution in [0.25, 0.3) is 11.1 Å². The average molecular weight is 315 g/mol. The molecule has 70 valence electrons. The van der Waals surface area contributed by atoms with E-state index in [1.807, 2.05) is 30.3 Å². The van der Waals surface area contributed by atoms with Gasteiger partial charge in [0.05, 0.1) is 0 Å². The number of hydrogen-bond acceptors (Lipinski definition) is 0. The van der Waals surface area contributed by atoms with Crippen LogP contribution in [0.5, 0.6) is 0 Å². The number of halogens is 2. The summed E-state index contributed by atoms with van der Waals surface area (Å²) in [5.41, 5.74) is 2.46. The Bertz CT molecular complexity index is 437. The monoisotopic (exact) mass is 314 g/mol. The summed E-state index contributed by atoms with van der Waals surface area (Å²) in [5, 5.41) is 0.786. The number of rotatable bonds is 1. The Labute approximate surface area is 102 Å². The van der Waals surface area contributed by atoms with Gasteiger partial charge in [-0.15, -0.1) is 0 Å². The van der Waals surface area contributed by atoms with E-state index in [2.05, 4.69) is 40.8 Å². The van der Waals surface area contributed by atoms with E-state index in [1.54, 1.807) is 0 Å². The fraction of sp³-hybridized carbons (Fsp3) is 0. The zero-order valence-electron chi connectivity index (χ0n) is 7.37. The van der Waals surface area contributed by atoms with Crippen LogP contribution in [0, 0.1) is 3.57 Å². The smallest absolute Gasteiger partial charge is 0.0416 e. The van der Waals surface area contributed by atoms with Crippen LogP contribution in [-0.4, -0.2) is 0 Å². The molecule has 0 heterocycles. The molecule has 0 N–H and O–H groups in total. The molecule has 0 radical (unpaired) electrons. The Hall–Kier alpha value is -0.540.